The zero-order valence-electron chi connectivity index (χ0n) is 9.64. The predicted octanol–water partition coefficient (Wildman–Crippen LogP) is 4.52. The van der Waals surface area contributed by atoms with Crippen LogP contribution >= 0.6 is 11.6 Å². The molecular formula is C12H14ClF3O. The highest BCUT2D eigenvalue weighted by atomic mass is 35.5. The van der Waals surface area contributed by atoms with E-state index in [1.165, 1.54) is 6.07 Å². The molecular weight excluding hydrogens is 253 g/mol. The fraction of sp³-hybridized carbons (Fsp3) is 0.500. The zero-order valence-corrected chi connectivity index (χ0v) is 10.4. The van der Waals surface area contributed by atoms with E-state index >= 15 is 0 Å². The molecule has 0 spiro atoms. The van der Waals surface area contributed by atoms with Crippen molar-refractivity contribution < 1.29 is 17.9 Å². The lowest BCUT2D eigenvalue weighted by atomic mass is 10.0. The van der Waals surface area contributed by atoms with Gasteiger partial charge in [0.15, 0.2) is 0 Å². The molecule has 96 valence electrons. The summed E-state index contributed by atoms with van der Waals surface area (Å²) in [4.78, 5) is 0. The number of alkyl halides is 4. The van der Waals surface area contributed by atoms with Gasteiger partial charge in [0.2, 0.25) is 0 Å². The fourth-order valence-electron chi connectivity index (χ4n) is 1.53. The lowest BCUT2D eigenvalue weighted by Crippen LogP contribution is -2.18. The van der Waals surface area contributed by atoms with E-state index in [9.17, 15) is 13.2 Å². The Morgan fingerprint density at radius 2 is 1.94 bits per heavy atom. The second-order valence-corrected chi connectivity index (χ2v) is 4.49. The summed E-state index contributed by atoms with van der Waals surface area (Å²) in [5.41, 5.74) is 1.16. The highest BCUT2D eigenvalue weighted by Gasteiger charge is 2.32. The van der Waals surface area contributed by atoms with Gasteiger partial charge in [-0.3, -0.25) is 0 Å². The molecule has 1 aromatic rings. The standard InChI is InChI=1S/C12H14ClF3O/c1-8(2)5-9-3-4-10(7-13)11(6-9)17-12(14,15)16/h3-4,6,8H,5,7H2,1-2H3. The van der Waals surface area contributed by atoms with Crippen LogP contribution in [0.25, 0.3) is 0 Å². The Labute approximate surface area is 104 Å². The molecule has 17 heavy (non-hydrogen) atoms. The summed E-state index contributed by atoms with van der Waals surface area (Å²) < 4.78 is 40.5. The first-order valence-electron chi connectivity index (χ1n) is 5.25. The molecule has 0 unspecified atom stereocenters. The number of ether oxygens (including phenoxy) is 1. The lowest BCUT2D eigenvalue weighted by Gasteiger charge is -2.14. The van der Waals surface area contributed by atoms with E-state index in [2.05, 4.69) is 4.74 Å². The fourth-order valence-corrected chi connectivity index (χ4v) is 1.75. The van der Waals surface area contributed by atoms with Crippen LogP contribution in [0.5, 0.6) is 5.75 Å². The Kier molecular flexibility index (Phi) is 4.69. The van der Waals surface area contributed by atoms with Gasteiger partial charge in [-0.2, -0.15) is 0 Å². The molecule has 0 aliphatic carbocycles. The highest BCUT2D eigenvalue weighted by molar-refractivity contribution is 6.17. The maximum atomic E-state index is 12.2. The van der Waals surface area contributed by atoms with Crippen LogP contribution in [0.4, 0.5) is 13.2 Å². The third-order valence-electron chi connectivity index (χ3n) is 2.15. The van der Waals surface area contributed by atoms with Gasteiger partial charge in [-0.1, -0.05) is 26.0 Å². The van der Waals surface area contributed by atoms with Gasteiger partial charge in [-0.05, 0) is 24.0 Å². The highest BCUT2D eigenvalue weighted by Crippen LogP contribution is 2.29. The Balaban J connectivity index is 2.98. The molecule has 0 N–H and O–H groups in total. The van der Waals surface area contributed by atoms with Crippen LogP contribution in [0.1, 0.15) is 25.0 Å². The van der Waals surface area contributed by atoms with E-state index in [0.717, 1.165) is 5.56 Å². The maximum Gasteiger partial charge on any atom is 0.573 e. The Morgan fingerprint density at radius 1 is 1.29 bits per heavy atom. The second kappa shape index (κ2) is 5.63. The van der Waals surface area contributed by atoms with Crippen LogP contribution in [0, 0.1) is 5.92 Å². The van der Waals surface area contributed by atoms with Crippen LogP contribution in [-0.2, 0) is 12.3 Å². The Morgan fingerprint density at radius 3 is 2.41 bits per heavy atom. The molecule has 1 rings (SSSR count). The molecule has 0 amide bonds. The zero-order chi connectivity index (χ0) is 13.1. The molecule has 0 aliphatic heterocycles. The van der Waals surface area contributed by atoms with Crippen molar-refractivity contribution in [2.45, 2.75) is 32.5 Å². The van der Waals surface area contributed by atoms with Gasteiger partial charge in [-0.25, -0.2) is 0 Å². The summed E-state index contributed by atoms with van der Waals surface area (Å²) in [6.45, 7) is 4.00. The van der Waals surface area contributed by atoms with Crippen molar-refractivity contribution in [1.29, 1.82) is 0 Å². The summed E-state index contributed by atoms with van der Waals surface area (Å²) in [5.74, 6) is 0.161. The summed E-state index contributed by atoms with van der Waals surface area (Å²) in [6.07, 6.45) is -3.98. The largest absolute Gasteiger partial charge is 0.573 e. The summed E-state index contributed by atoms with van der Waals surface area (Å²) in [7, 11) is 0. The molecule has 0 aliphatic rings. The summed E-state index contributed by atoms with van der Waals surface area (Å²) >= 11 is 5.57. The van der Waals surface area contributed by atoms with Gasteiger partial charge < -0.3 is 4.74 Å². The molecule has 1 aromatic carbocycles. The normalized spacial score (nSPS) is 11.9. The molecule has 0 atom stereocenters. The average molecular weight is 267 g/mol. The molecule has 0 radical (unpaired) electrons. The van der Waals surface area contributed by atoms with E-state index in [-0.39, 0.29) is 11.6 Å². The summed E-state index contributed by atoms with van der Waals surface area (Å²) in [5, 5.41) is 0. The number of benzene rings is 1. The minimum absolute atomic E-state index is 0.00658. The van der Waals surface area contributed by atoms with Crippen molar-refractivity contribution >= 4 is 11.6 Å². The van der Waals surface area contributed by atoms with E-state index in [0.29, 0.717) is 17.9 Å². The minimum atomic E-state index is -4.68. The summed E-state index contributed by atoms with van der Waals surface area (Å²) in [6, 6.07) is 4.76. The van der Waals surface area contributed by atoms with Gasteiger partial charge in [0.25, 0.3) is 0 Å². The van der Waals surface area contributed by atoms with Crippen molar-refractivity contribution in [2.24, 2.45) is 5.92 Å². The van der Waals surface area contributed by atoms with Gasteiger partial charge in [-0.15, -0.1) is 24.8 Å². The van der Waals surface area contributed by atoms with Crippen LogP contribution in [0.2, 0.25) is 0 Å². The number of halogens is 4. The molecule has 1 nitrogen and oxygen atoms in total. The van der Waals surface area contributed by atoms with E-state index in [1.54, 1.807) is 12.1 Å². The van der Waals surface area contributed by atoms with Crippen molar-refractivity contribution in [3.05, 3.63) is 29.3 Å². The quantitative estimate of drug-likeness (QED) is 0.728. The van der Waals surface area contributed by atoms with Gasteiger partial charge >= 0.3 is 6.36 Å². The maximum absolute atomic E-state index is 12.2. The van der Waals surface area contributed by atoms with Crippen molar-refractivity contribution in [3.63, 3.8) is 0 Å². The van der Waals surface area contributed by atoms with E-state index in [1.807, 2.05) is 13.8 Å². The van der Waals surface area contributed by atoms with E-state index in [4.69, 9.17) is 11.6 Å². The van der Waals surface area contributed by atoms with Gasteiger partial charge in [0.05, 0.1) is 5.88 Å². The topological polar surface area (TPSA) is 9.23 Å². The van der Waals surface area contributed by atoms with Gasteiger partial charge in [0.1, 0.15) is 5.75 Å². The molecule has 0 saturated carbocycles. The molecule has 0 heterocycles. The molecule has 0 bridgehead atoms. The first-order valence-corrected chi connectivity index (χ1v) is 5.79. The first kappa shape index (κ1) is 14.2. The SMILES string of the molecule is CC(C)Cc1ccc(CCl)c(OC(F)(F)F)c1. The van der Waals surface area contributed by atoms with Crippen LogP contribution in [0.15, 0.2) is 18.2 Å². The average Bonchev–Trinajstić information content (AvgIpc) is 2.14. The minimum Gasteiger partial charge on any atom is -0.405 e. The third kappa shape index (κ3) is 4.86. The Bertz CT molecular complexity index is 375. The molecule has 5 heteroatoms. The van der Waals surface area contributed by atoms with Crippen molar-refractivity contribution in [1.82, 2.24) is 0 Å². The second-order valence-electron chi connectivity index (χ2n) is 4.22. The van der Waals surface area contributed by atoms with Crippen LogP contribution in [-0.4, -0.2) is 6.36 Å². The van der Waals surface area contributed by atoms with Gasteiger partial charge in [0, 0.05) is 5.56 Å². The van der Waals surface area contributed by atoms with Crippen molar-refractivity contribution in [3.8, 4) is 5.75 Å². The predicted molar refractivity (Wildman–Crippen MR) is 61.2 cm³/mol. The van der Waals surface area contributed by atoms with Crippen molar-refractivity contribution in [2.75, 3.05) is 0 Å². The Hall–Kier alpha value is -0.900. The molecule has 0 fully saturated rings. The molecule has 0 aromatic heterocycles. The van der Waals surface area contributed by atoms with Crippen LogP contribution < -0.4 is 4.74 Å². The lowest BCUT2D eigenvalue weighted by molar-refractivity contribution is -0.274. The molecule has 0 saturated heterocycles. The number of hydrogen-bond donors (Lipinski definition) is 0. The smallest absolute Gasteiger partial charge is 0.405 e. The van der Waals surface area contributed by atoms with E-state index < -0.39 is 6.36 Å². The van der Waals surface area contributed by atoms with Crippen LogP contribution in [0.3, 0.4) is 0 Å². The number of rotatable bonds is 4. The number of hydrogen-bond acceptors (Lipinski definition) is 1. The third-order valence-corrected chi connectivity index (χ3v) is 2.43. The monoisotopic (exact) mass is 266 g/mol. The first-order chi connectivity index (χ1) is 7.81.